The first kappa shape index (κ1) is 17.6. The van der Waals surface area contributed by atoms with E-state index in [1.165, 1.54) is 13.0 Å². The zero-order valence-corrected chi connectivity index (χ0v) is 15.0. The average molecular weight is 364 g/mol. The largest absolute Gasteiger partial charge is 0.426 e. The lowest BCUT2D eigenvalue weighted by Crippen LogP contribution is -2.33. The number of aryl methyl sites for hydroxylation is 2. The molecule has 0 fully saturated rings. The molecule has 0 unspecified atom stereocenters. The maximum Gasteiger partial charge on any atom is 0.240 e. The van der Waals surface area contributed by atoms with Crippen LogP contribution in [0.15, 0.2) is 27.5 Å². The first-order valence-corrected chi connectivity index (χ1v) is 9.55. The Bertz CT molecular complexity index is 891. The van der Waals surface area contributed by atoms with Crippen LogP contribution in [0.5, 0.6) is 0 Å². The van der Waals surface area contributed by atoms with Gasteiger partial charge in [0, 0.05) is 39.0 Å². The topological polar surface area (TPSA) is 105 Å². The minimum atomic E-state index is -3.64. The minimum Gasteiger partial charge on any atom is -0.426 e. The fraction of sp³-hybridized carbons (Fsp3) is 0.438. The number of benzene rings is 1. The van der Waals surface area contributed by atoms with E-state index in [0.717, 1.165) is 24.1 Å². The van der Waals surface area contributed by atoms with Gasteiger partial charge in [0.05, 0.1) is 4.90 Å². The van der Waals surface area contributed by atoms with Gasteiger partial charge < -0.3 is 9.32 Å². The summed E-state index contributed by atoms with van der Waals surface area (Å²) in [5.74, 6) is 0.801. The molecule has 3 rings (SSSR count). The molecular weight excluding hydrogens is 344 g/mol. The molecule has 0 atom stereocenters. The van der Waals surface area contributed by atoms with Crippen molar-refractivity contribution in [1.29, 1.82) is 0 Å². The second kappa shape index (κ2) is 6.93. The van der Waals surface area contributed by atoms with E-state index in [-0.39, 0.29) is 17.3 Å². The Balaban J connectivity index is 1.73. The lowest BCUT2D eigenvalue weighted by molar-refractivity contribution is -0.116. The molecule has 0 aliphatic carbocycles. The molecule has 2 aromatic rings. The first-order valence-electron chi connectivity index (χ1n) is 8.06. The summed E-state index contributed by atoms with van der Waals surface area (Å²) in [5, 5.41) is 7.53. The van der Waals surface area contributed by atoms with Gasteiger partial charge in [-0.15, -0.1) is 10.2 Å². The molecule has 25 heavy (non-hydrogen) atoms. The van der Waals surface area contributed by atoms with Crippen LogP contribution in [0.3, 0.4) is 0 Å². The van der Waals surface area contributed by atoms with Gasteiger partial charge >= 0.3 is 0 Å². The molecule has 1 aliphatic rings. The first-order chi connectivity index (χ1) is 11.9. The number of aromatic nitrogens is 2. The third kappa shape index (κ3) is 3.88. The van der Waals surface area contributed by atoms with Crippen LogP contribution in [0.2, 0.25) is 0 Å². The number of carbonyl (C=O) groups excluding carboxylic acids is 1. The standard InChI is InChI=1S/C16H20N4O4S/c1-11-18-19-16(24-11)7-8-17-25(22,23)14-5-6-15-13(10-14)4-3-9-20(15)12(2)21/h5-6,10,17H,3-4,7-9H2,1-2H3. The predicted octanol–water partition coefficient (Wildman–Crippen LogP) is 1.20. The molecule has 2 heterocycles. The molecule has 1 aliphatic heterocycles. The zero-order chi connectivity index (χ0) is 18.0. The fourth-order valence-electron chi connectivity index (χ4n) is 2.88. The van der Waals surface area contributed by atoms with E-state index in [4.69, 9.17) is 4.42 Å². The third-order valence-corrected chi connectivity index (χ3v) is 5.52. The van der Waals surface area contributed by atoms with E-state index in [2.05, 4.69) is 14.9 Å². The van der Waals surface area contributed by atoms with E-state index in [0.29, 0.717) is 24.7 Å². The number of rotatable bonds is 5. The Morgan fingerprint density at radius 3 is 2.84 bits per heavy atom. The Labute approximate surface area is 146 Å². The summed E-state index contributed by atoms with van der Waals surface area (Å²) in [6.07, 6.45) is 1.90. The van der Waals surface area contributed by atoms with Crippen LogP contribution >= 0.6 is 0 Å². The van der Waals surface area contributed by atoms with E-state index in [1.54, 1.807) is 24.0 Å². The van der Waals surface area contributed by atoms with Crippen molar-refractivity contribution in [1.82, 2.24) is 14.9 Å². The Kier molecular flexibility index (Phi) is 4.87. The van der Waals surface area contributed by atoms with Crippen LogP contribution in [0, 0.1) is 6.92 Å². The zero-order valence-electron chi connectivity index (χ0n) is 14.2. The van der Waals surface area contributed by atoms with E-state index < -0.39 is 10.0 Å². The summed E-state index contributed by atoms with van der Waals surface area (Å²) in [4.78, 5) is 13.6. The van der Waals surface area contributed by atoms with Crippen LogP contribution in [-0.2, 0) is 27.7 Å². The van der Waals surface area contributed by atoms with Gasteiger partial charge in [-0.25, -0.2) is 13.1 Å². The van der Waals surface area contributed by atoms with Crippen LogP contribution < -0.4 is 9.62 Å². The smallest absolute Gasteiger partial charge is 0.240 e. The number of amides is 1. The van der Waals surface area contributed by atoms with Crippen LogP contribution in [0.4, 0.5) is 5.69 Å². The molecule has 0 saturated carbocycles. The molecule has 8 nitrogen and oxygen atoms in total. The molecule has 0 radical (unpaired) electrons. The third-order valence-electron chi connectivity index (χ3n) is 4.06. The number of anilines is 1. The van der Waals surface area contributed by atoms with Crippen LogP contribution in [0.1, 0.15) is 30.7 Å². The lowest BCUT2D eigenvalue weighted by atomic mass is 10.0. The molecule has 1 aromatic carbocycles. The van der Waals surface area contributed by atoms with Crippen molar-refractivity contribution in [3.63, 3.8) is 0 Å². The number of hydrogen-bond donors (Lipinski definition) is 1. The molecule has 1 N–H and O–H groups in total. The molecule has 0 saturated heterocycles. The Morgan fingerprint density at radius 2 is 2.16 bits per heavy atom. The van der Waals surface area contributed by atoms with E-state index in [9.17, 15) is 13.2 Å². The average Bonchev–Trinajstić information content (AvgIpc) is 2.98. The van der Waals surface area contributed by atoms with Crippen LogP contribution in [0.25, 0.3) is 0 Å². The number of nitrogens with one attached hydrogen (secondary N) is 1. The van der Waals surface area contributed by atoms with E-state index in [1.807, 2.05) is 0 Å². The van der Waals surface area contributed by atoms with Gasteiger partial charge in [0.2, 0.25) is 27.7 Å². The molecule has 1 aromatic heterocycles. The summed E-state index contributed by atoms with van der Waals surface area (Å²) in [7, 11) is -3.64. The number of fused-ring (bicyclic) bond motifs is 1. The lowest BCUT2D eigenvalue weighted by Gasteiger charge is -2.28. The van der Waals surface area contributed by atoms with Crippen molar-refractivity contribution in [3.8, 4) is 0 Å². The van der Waals surface area contributed by atoms with Gasteiger partial charge in [0.1, 0.15) is 0 Å². The second-order valence-corrected chi connectivity index (χ2v) is 7.69. The SMILES string of the molecule is CC(=O)N1CCCc2cc(S(=O)(=O)NCCc3nnc(C)o3)ccc21. The highest BCUT2D eigenvalue weighted by atomic mass is 32.2. The number of hydrogen-bond acceptors (Lipinski definition) is 6. The number of sulfonamides is 1. The summed E-state index contributed by atoms with van der Waals surface area (Å²) < 4.78 is 32.7. The normalized spacial score (nSPS) is 14.4. The summed E-state index contributed by atoms with van der Waals surface area (Å²) in [5.41, 5.74) is 1.66. The Hall–Kier alpha value is -2.26. The van der Waals surface area contributed by atoms with Crippen molar-refractivity contribution < 1.29 is 17.6 Å². The highest BCUT2D eigenvalue weighted by Gasteiger charge is 2.23. The van der Waals surface area contributed by atoms with Crippen molar-refractivity contribution in [2.45, 2.75) is 38.0 Å². The summed E-state index contributed by atoms with van der Waals surface area (Å²) in [6.45, 7) is 4.02. The van der Waals surface area contributed by atoms with Gasteiger partial charge in [0.15, 0.2) is 0 Å². The number of carbonyl (C=O) groups is 1. The van der Waals surface area contributed by atoms with Crippen molar-refractivity contribution >= 4 is 21.6 Å². The fourth-order valence-corrected chi connectivity index (χ4v) is 3.96. The predicted molar refractivity (Wildman–Crippen MR) is 90.7 cm³/mol. The van der Waals surface area contributed by atoms with E-state index >= 15 is 0 Å². The van der Waals surface area contributed by atoms with Gasteiger partial charge in [-0.2, -0.15) is 0 Å². The van der Waals surface area contributed by atoms with Gasteiger partial charge in [-0.3, -0.25) is 4.79 Å². The van der Waals surface area contributed by atoms with Crippen LogP contribution in [-0.4, -0.2) is 37.6 Å². The monoisotopic (exact) mass is 364 g/mol. The maximum absolute atomic E-state index is 12.5. The molecular formula is C16H20N4O4S. The molecule has 0 bridgehead atoms. The molecule has 9 heteroatoms. The summed E-state index contributed by atoms with van der Waals surface area (Å²) in [6, 6.07) is 4.87. The highest BCUT2D eigenvalue weighted by Crippen LogP contribution is 2.29. The maximum atomic E-state index is 12.5. The van der Waals surface area contributed by atoms with Gasteiger partial charge in [-0.1, -0.05) is 0 Å². The molecule has 0 spiro atoms. The summed E-state index contributed by atoms with van der Waals surface area (Å²) >= 11 is 0. The minimum absolute atomic E-state index is 0.0375. The van der Waals surface area contributed by atoms with Crippen molar-refractivity contribution in [2.75, 3.05) is 18.0 Å². The second-order valence-electron chi connectivity index (χ2n) is 5.93. The van der Waals surface area contributed by atoms with Crippen molar-refractivity contribution in [3.05, 3.63) is 35.5 Å². The quantitative estimate of drug-likeness (QED) is 0.854. The Morgan fingerprint density at radius 1 is 1.36 bits per heavy atom. The molecule has 1 amide bonds. The van der Waals surface area contributed by atoms with Gasteiger partial charge in [0.25, 0.3) is 0 Å². The van der Waals surface area contributed by atoms with Gasteiger partial charge in [-0.05, 0) is 36.6 Å². The van der Waals surface area contributed by atoms with Crippen molar-refractivity contribution in [2.24, 2.45) is 0 Å². The number of nitrogens with zero attached hydrogens (tertiary/aromatic N) is 3. The molecule has 134 valence electrons. The highest BCUT2D eigenvalue weighted by molar-refractivity contribution is 7.89.